The third-order valence-electron chi connectivity index (χ3n) is 1.98. The second-order valence-electron chi connectivity index (χ2n) is 3.29. The summed E-state index contributed by atoms with van der Waals surface area (Å²) in [5, 5.41) is 9.33. The number of benzene rings is 1. The molecule has 0 aliphatic rings. The van der Waals surface area contributed by atoms with Crippen molar-refractivity contribution in [3.05, 3.63) is 52.2 Å². The Morgan fingerprint density at radius 3 is 2.94 bits per heavy atom. The van der Waals surface area contributed by atoms with E-state index < -0.39 is 5.82 Å². The summed E-state index contributed by atoms with van der Waals surface area (Å²) in [7, 11) is 0. The standard InChI is InChI=1S/C11H9FN2O2S/c12-8-3-7(6-15)4-9(5-8)17-11-13-2-1-10(16)14-11/h1-5,15H,6H2,(H,13,14,16). The molecule has 0 amide bonds. The van der Waals surface area contributed by atoms with Crippen LogP contribution in [-0.4, -0.2) is 15.1 Å². The van der Waals surface area contributed by atoms with Crippen molar-refractivity contribution in [2.24, 2.45) is 0 Å². The molecule has 17 heavy (non-hydrogen) atoms. The van der Waals surface area contributed by atoms with Crippen molar-refractivity contribution in [3.63, 3.8) is 0 Å². The molecule has 0 aliphatic carbocycles. The molecule has 6 heteroatoms. The normalized spacial score (nSPS) is 10.5. The lowest BCUT2D eigenvalue weighted by Crippen LogP contribution is -2.05. The molecule has 88 valence electrons. The van der Waals surface area contributed by atoms with Crippen LogP contribution in [0.2, 0.25) is 0 Å². The lowest BCUT2D eigenvalue weighted by Gasteiger charge is -2.03. The fraction of sp³-hybridized carbons (Fsp3) is 0.0909. The Kier molecular flexibility index (Phi) is 3.55. The van der Waals surface area contributed by atoms with Crippen molar-refractivity contribution >= 4 is 11.8 Å². The first-order chi connectivity index (χ1) is 8.17. The van der Waals surface area contributed by atoms with E-state index in [4.69, 9.17) is 5.11 Å². The van der Waals surface area contributed by atoms with E-state index in [0.29, 0.717) is 15.6 Å². The molecule has 0 aliphatic heterocycles. The first kappa shape index (κ1) is 11.8. The Bertz CT molecular complexity index is 586. The molecule has 0 fully saturated rings. The zero-order valence-corrected chi connectivity index (χ0v) is 9.50. The largest absolute Gasteiger partial charge is 0.392 e. The minimum absolute atomic E-state index is 0.232. The van der Waals surface area contributed by atoms with Crippen molar-refractivity contribution in [2.75, 3.05) is 0 Å². The van der Waals surface area contributed by atoms with Crippen LogP contribution in [0.1, 0.15) is 5.56 Å². The molecular weight excluding hydrogens is 243 g/mol. The molecule has 0 bridgehead atoms. The fourth-order valence-electron chi connectivity index (χ4n) is 1.29. The summed E-state index contributed by atoms with van der Waals surface area (Å²) in [4.78, 5) is 18.1. The van der Waals surface area contributed by atoms with Gasteiger partial charge in [0.05, 0.1) is 6.61 Å². The number of nitrogens with one attached hydrogen (secondary N) is 1. The van der Waals surface area contributed by atoms with E-state index in [0.717, 1.165) is 11.8 Å². The summed E-state index contributed by atoms with van der Waals surface area (Å²) < 4.78 is 13.2. The number of H-pyrrole nitrogens is 1. The number of aliphatic hydroxyl groups is 1. The Morgan fingerprint density at radius 1 is 1.41 bits per heavy atom. The van der Waals surface area contributed by atoms with E-state index in [1.807, 2.05) is 0 Å². The van der Waals surface area contributed by atoms with Crippen LogP contribution < -0.4 is 5.56 Å². The molecule has 1 heterocycles. The summed E-state index contributed by atoms with van der Waals surface area (Å²) >= 11 is 1.13. The SMILES string of the molecule is O=c1ccnc(Sc2cc(F)cc(CO)c2)[nH]1. The van der Waals surface area contributed by atoms with Crippen molar-refractivity contribution < 1.29 is 9.50 Å². The Labute approximate surface area is 101 Å². The van der Waals surface area contributed by atoms with Gasteiger partial charge >= 0.3 is 0 Å². The first-order valence-electron chi connectivity index (χ1n) is 4.81. The van der Waals surface area contributed by atoms with E-state index in [-0.39, 0.29) is 12.2 Å². The van der Waals surface area contributed by atoms with Crippen molar-refractivity contribution in [3.8, 4) is 0 Å². The van der Waals surface area contributed by atoms with Crippen LogP contribution >= 0.6 is 11.8 Å². The number of aliphatic hydroxyl groups excluding tert-OH is 1. The molecule has 1 aromatic carbocycles. The smallest absolute Gasteiger partial charge is 0.251 e. The topological polar surface area (TPSA) is 66.0 Å². The number of nitrogens with zero attached hydrogens (tertiary/aromatic N) is 1. The molecule has 0 atom stereocenters. The molecule has 2 N–H and O–H groups in total. The highest BCUT2D eigenvalue weighted by molar-refractivity contribution is 7.99. The number of hydrogen-bond acceptors (Lipinski definition) is 4. The van der Waals surface area contributed by atoms with Gasteiger partial charge in [-0.1, -0.05) is 11.8 Å². The molecule has 1 aromatic heterocycles. The van der Waals surface area contributed by atoms with Gasteiger partial charge in [-0.3, -0.25) is 4.79 Å². The molecular formula is C11H9FN2O2S. The van der Waals surface area contributed by atoms with Crippen molar-refractivity contribution in [1.82, 2.24) is 9.97 Å². The van der Waals surface area contributed by atoms with Gasteiger partial charge in [0, 0.05) is 17.2 Å². The van der Waals surface area contributed by atoms with Crippen LogP contribution in [0.4, 0.5) is 4.39 Å². The summed E-state index contributed by atoms with van der Waals surface area (Å²) in [5.41, 5.74) is 0.215. The molecule has 2 rings (SSSR count). The summed E-state index contributed by atoms with van der Waals surface area (Å²) in [5.74, 6) is -0.433. The minimum Gasteiger partial charge on any atom is -0.392 e. The predicted octanol–water partition coefficient (Wildman–Crippen LogP) is 1.55. The van der Waals surface area contributed by atoms with Crippen LogP contribution in [0.5, 0.6) is 0 Å². The van der Waals surface area contributed by atoms with Gasteiger partial charge < -0.3 is 10.1 Å². The molecule has 0 saturated carbocycles. The van der Waals surface area contributed by atoms with Gasteiger partial charge in [0.2, 0.25) is 0 Å². The molecule has 0 saturated heterocycles. The van der Waals surface area contributed by atoms with E-state index in [9.17, 15) is 9.18 Å². The summed E-state index contributed by atoms with van der Waals surface area (Å²) in [6, 6.07) is 5.51. The number of hydrogen-bond donors (Lipinski definition) is 2. The average Bonchev–Trinajstić information content (AvgIpc) is 2.28. The fourth-order valence-corrected chi connectivity index (χ4v) is 2.16. The Hall–Kier alpha value is -1.66. The molecule has 0 spiro atoms. The summed E-state index contributed by atoms with van der Waals surface area (Å²) in [6.07, 6.45) is 1.38. The zero-order valence-electron chi connectivity index (χ0n) is 8.68. The number of aromatic nitrogens is 2. The van der Waals surface area contributed by atoms with Gasteiger partial charge in [0.15, 0.2) is 5.16 Å². The van der Waals surface area contributed by atoms with Gasteiger partial charge in [0.1, 0.15) is 5.82 Å². The molecule has 0 radical (unpaired) electrons. The van der Waals surface area contributed by atoms with Gasteiger partial charge in [-0.25, -0.2) is 9.37 Å². The highest BCUT2D eigenvalue weighted by atomic mass is 32.2. The van der Waals surface area contributed by atoms with Crippen LogP contribution in [0.3, 0.4) is 0 Å². The Balaban J connectivity index is 2.29. The number of halogens is 1. The predicted molar refractivity (Wildman–Crippen MR) is 61.3 cm³/mol. The highest BCUT2D eigenvalue weighted by Crippen LogP contribution is 2.25. The third-order valence-corrected chi connectivity index (χ3v) is 2.85. The number of rotatable bonds is 3. The van der Waals surface area contributed by atoms with E-state index in [1.165, 1.54) is 24.4 Å². The van der Waals surface area contributed by atoms with Gasteiger partial charge in [-0.2, -0.15) is 0 Å². The van der Waals surface area contributed by atoms with Gasteiger partial charge in [0.25, 0.3) is 5.56 Å². The molecule has 2 aromatic rings. The second-order valence-corrected chi connectivity index (χ2v) is 4.36. The van der Waals surface area contributed by atoms with E-state index in [2.05, 4.69) is 9.97 Å². The van der Waals surface area contributed by atoms with Crippen molar-refractivity contribution in [2.45, 2.75) is 16.7 Å². The maximum atomic E-state index is 13.2. The maximum absolute atomic E-state index is 13.2. The zero-order chi connectivity index (χ0) is 12.3. The average molecular weight is 252 g/mol. The lowest BCUT2D eigenvalue weighted by atomic mass is 10.2. The van der Waals surface area contributed by atoms with E-state index in [1.54, 1.807) is 6.07 Å². The third kappa shape index (κ3) is 3.15. The second kappa shape index (κ2) is 5.11. The van der Waals surface area contributed by atoms with Crippen LogP contribution in [-0.2, 0) is 6.61 Å². The van der Waals surface area contributed by atoms with Crippen LogP contribution in [0.15, 0.2) is 45.3 Å². The summed E-state index contributed by atoms with van der Waals surface area (Å²) in [6.45, 7) is -0.232. The lowest BCUT2D eigenvalue weighted by molar-refractivity contribution is 0.281. The maximum Gasteiger partial charge on any atom is 0.251 e. The van der Waals surface area contributed by atoms with Crippen molar-refractivity contribution in [1.29, 1.82) is 0 Å². The van der Waals surface area contributed by atoms with Gasteiger partial charge in [-0.15, -0.1) is 0 Å². The number of aromatic amines is 1. The monoisotopic (exact) mass is 252 g/mol. The van der Waals surface area contributed by atoms with Crippen LogP contribution in [0, 0.1) is 5.82 Å². The van der Waals surface area contributed by atoms with Gasteiger partial charge in [-0.05, 0) is 23.8 Å². The molecule has 4 nitrogen and oxygen atoms in total. The quantitative estimate of drug-likeness (QED) is 0.813. The highest BCUT2D eigenvalue weighted by Gasteiger charge is 2.04. The van der Waals surface area contributed by atoms with E-state index >= 15 is 0 Å². The first-order valence-corrected chi connectivity index (χ1v) is 5.62. The minimum atomic E-state index is -0.433. The van der Waals surface area contributed by atoms with Crippen LogP contribution in [0.25, 0.3) is 0 Å². The Morgan fingerprint density at radius 2 is 2.24 bits per heavy atom. The molecule has 0 unspecified atom stereocenters.